The molecule has 1 aliphatic carbocycles. The second-order valence-electron chi connectivity index (χ2n) is 25.0. The van der Waals surface area contributed by atoms with Crippen molar-refractivity contribution < 1.29 is 4.74 Å². The first-order valence-corrected chi connectivity index (χ1v) is 28.7. The Morgan fingerprint density at radius 3 is 1.70 bits per heavy atom. The van der Waals surface area contributed by atoms with Gasteiger partial charge >= 0.3 is 0 Å². The van der Waals surface area contributed by atoms with Crippen molar-refractivity contribution in [1.29, 1.82) is 0 Å². The summed E-state index contributed by atoms with van der Waals surface area (Å²) < 4.78 is 9.32. The van der Waals surface area contributed by atoms with Gasteiger partial charge in [0.1, 0.15) is 17.3 Å². The lowest BCUT2D eigenvalue weighted by Gasteiger charge is -2.27. The highest BCUT2D eigenvalue weighted by atomic mass is 16.5. The van der Waals surface area contributed by atoms with Crippen molar-refractivity contribution in [1.82, 2.24) is 9.55 Å². The molecule has 2 N–H and O–H groups in total. The highest BCUT2D eigenvalue weighted by Crippen LogP contribution is 2.53. The number of para-hydroxylation sites is 3. The number of hydrogen-bond donors (Lipinski definition) is 2. The van der Waals surface area contributed by atoms with Crippen LogP contribution in [0.15, 0.2) is 237 Å². The number of pyridine rings is 1. The molecule has 2 aromatic heterocycles. The SMILES string of the molecule is CC(C)(C)c1cc(-c2cccc(-c3cccc(-c4ccccc4)c3)c2Nc2ccccc2Nc2cccc(Oc3ccc4c5c(n(-c6cc(C(C)(C)C)ccn6)c4c3)-c3ccccc3-c3cccc4cccc-5c34)c2)cc(C(C)(C)C)c1. The van der Waals surface area contributed by atoms with E-state index in [9.17, 15) is 0 Å². The van der Waals surface area contributed by atoms with Gasteiger partial charge in [0.2, 0.25) is 0 Å². The van der Waals surface area contributed by atoms with E-state index >= 15 is 0 Å². The molecule has 0 unspecified atom stereocenters. The van der Waals surface area contributed by atoms with E-state index in [1.54, 1.807) is 0 Å². The number of ether oxygens (including phenoxy) is 1. The van der Waals surface area contributed by atoms with Crippen molar-refractivity contribution in [3.05, 3.63) is 253 Å². The summed E-state index contributed by atoms with van der Waals surface area (Å²) in [6.07, 6.45) is 1.95. The molecule has 0 spiro atoms. The number of nitrogens with one attached hydrogen (secondary N) is 2. The highest BCUT2D eigenvalue weighted by molar-refractivity contribution is 6.19. The lowest BCUT2D eigenvalue weighted by molar-refractivity contribution is 0.483. The zero-order chi connectivity index (χ0) is 56.5. The molecule has 0 saturated heterocycles. The van der Waals surface area contributed by atoms with Crippen LogP contribution in [0.2, 0.25) is 0 Å². The van der Waals surface area contributed by atoms with E-state index in [0.717, 1.165) is 73.2 Å². The normalized spacial score (nSPS) is 12.2. The maximum Gasteiger partial charge on any atom is 0.137 e. The number of hydrogen-bond acceptors (Lipinski definition) is 4. The number of aromatic nitrogens is 2. The molecule has 2 heterocycles. The average molecular weight is 1070 g/mol. The Morgan fingerprint density at radius 1 is 0.390 bits per heavy atom. The van der Waals surface area contributed by atoms with Gasteiger partial charge in [0.05, 0.1) is 28.3 Å². The van der Waals surface area contributed by atoms with Crippen LogP contribution in [0.5, 0.6) is 11.5 Å². The molecule has 82 heavy (non-hydrogen) atoms. The third-order valence-corrected chi connectivity index (χ3v) is 16.3. The molecule has 1 aliphatic rings. The monoisotopic (exact) mass is 1060 g/mol. The highest BCUT2D eigenvalue weighted by Gasteiger charge is 2.30. The molecule has 0 amide bonds. The van der Waals surface area contributed by atoms with Crippen LogP contribution in [0, 0.1) is 0 Å². The fourth-order valence-corrected chi connectivity index (χ4v) is 11.9. The minimum atomic E-state index is -0.0842. The Hall–Kier alpha value is -9.45. The summed E-state index contributed by atoms with van der Waals surface area (Å²) in [6.45, 7) is 20.6. The molecule has 0 saturated carbocycles. The van der Waals surface area contributed by atoms with E-state index in [0.29, 0.717) is 5.75 Å². The summed E-state index contributed by atoms with van der Waals surface area (Å²) >= 11 is 0. The van der Waals surface area contributed by atoms with E-state index in [1.165, 1.54) is 66.4 Å². The Kier molecular flexibility index (Phi) is 12.8. The van der Waals surface area contributed by atoms with Crippen LogP contribution < -0.4 is 15.4 Å². The Bertz CT molecular complexity index is 4390. The van der Waals surface area contributed by atoms with Gasteiger partial charge in [0, 0.05) is 51.7 Å². The molecule has 0 fully saturated rings. The van der Waals surface area contributed by atoms with Crippen molar-refractivity contribution in [3.63, 3.8) is 0 Å². The van der Waals surface area contributed by atoms with Crippen LogP contribution in [-0.4, -0.2) is 9.55 Å². The van der Waals surface area contributed by atoms with Crippen LogP contribution in [0.4, 0.5) is 22.7 Å². The summed E-state index contributed by atoms with van der Waals surface area (Å²) in [7, 11) is 0. The Balaban J connectivity index is 0.895. The summed E-state index contributed by atoms with van der Waals surface area (Å²) in [6, 6.07) is 83.3. The number of rotatable bonds is 10. The predicted molar refractivity (Wildman–Crippen MR) is 347 cm³/mol. The van der Waals surface area contributed by atoms with Crippen LogP contribution in [0.3, 0.4) is 0 Å². The van der Waals surface area contributed by atoms with Gasteiger partial charge in [-0.15, -0.1) is 0 Å². The zero-order valence-electron chi connectivity index (χ0n) is 48.3. The third kappa shape index (κ3) is 9.70. The Morgan fingerprint density at radius 2 is 0.963 bits per heavy atom. The first kappa shape index (κ1) is 52.0. The smallest absolute Gasteiger partial charge is 0.137 e. The summed E-state index contributed by atoms with van der Waals surface area (Å²) in [5.41, 5.74) is 22.5. The molecular formula is C77H68N4O. The minimum absolute atomic E-state index is 0.0524. The van der Waals surface area contributed by atoms with Crippen molar-refractivity contribution in [2.24, 2.45) is 0 Å². The van der Waals surface area contributed by atoms with Gasteiger partial charge < -0.3 is 15.4 Å². The summed E-state index contributed by atoms with van der Waals surface area (Å²) in [5, 5.41) is 11.5. The zero-order valence-corrected chi connectivity index (χ0v) is 48.3. The molecule has 12 aromatic rings. The first-order chi connectivity index (χ1) is 39.5. The van der Waals surface area contributed by atoms with Gasteiger partial charge in [0.25, 0.3) is 0 Å². The number of benzene rings is 10. The van der Waals surface area contributed by atoms with E-state index in [4.69, 9.17) is 9.72 Å². The number of fused-ring (bicyclic) bond motifs is 7. The van der Waals surface area contributed by atoms with E-state index in [2.05, 4.69) is 302 Å². The molecule has 402 valence electrons. The fourth-order valence-electron chi connectivity index (χ4n) is 11.9. The standard InChI is InChI=1S/C77H68N4O/c1-75(2,3)54-40-41-78-70(46-54)81-69-48-59(38-39-65(69)72-66-35-19-25-50-24-18-34-63(71(50)66)62-30-13-14-31-64(62)74(72)81)82-58-29-20-28-57(47-58)79-67-36-15-16-37-68(67)80-73-60(52-27-17-26-51(42-52)49-22-11-10-12-23-49)32-21-33-61(73)53-43-55(76(4,5)6)45-56(44-53)77(7,8)9/h10-48,79-80H,1-9H3. The van der Waals surface area contributed by atoms with Crippen molar-refractivity contribution >= 4 is 44.4 Å². The van der Waals surface area contributed by atoms with Gasteiger partial charge in [-0.3, -0.25) is 4.57 Å². The van der Waals surface area contributed by atoms with E-state index in [-0.39, 0.29) is 16.2 Å². The van der Waals surface area contributed by atoms with Gasteiger partial charge in [0.15, 0.2) is 0 Å². The molecule has 10 aromatic carbocycles. The molecule has 0 aliphatic heterocycles. The van der Waals surface area contributed by atoms with Crippen molar-refractivity contribution in [2.45, 2.75) is 78.6 Å². The minimum Gasteiger partial charge on any atom is -0.457 e. The van der Waals surface area contributed by atoms with Gasteiger partial charge in [-0.1, -0.05) is 226 Å². The van der Waals surface area contributed by atoms with E-state index < -0.39 is 0 Å². The van der Waals surface area contributed by atoms with Gasteiger partial charge in [-0.2, -0.15) is 0 Å². The van der Waals surface area contributed by atoms with Crippen LogP contribution in [0.25, 0.3) is 94.4 Å². The second kappa shape index (κ2) is 20.3. The third-order valence-electron chi connectivity index (χ3n) is 16.3. The molecule has 5 heteroatoms. The van der Waals surface area contributed by atoms with Gasteiger partial charge in [-0.25, -0.2) is 4.98 Å². The fraction of sp³-hybridized carbons (Fsp3) is 0.156. The Labute approximate surface area is 483 Å². The molecule has 0 bridgehead atoms. The molecule has 0 atom stereocenters. The van der Waals surface area contributed by atoms with Crippen LogP contribution >= 0.6 is 0 Å². The van der Waals surface area contributed by atoms with Crippen molar-refractivity contribution in [2.75, 3.05) is 10.6 Å². The second-order valence-corrected chi connectivity index (χ2v) is 25.0. The van der Waals surface area contributed by atoms with Crippen LogP contribution in [-0.2, 0) is 16.2 Å². The van der Waals surface area contributed by atoms with E-state index in [1.807, 2.05) is 12.3 Å². The van der Waals surface area contributed by atoms with Crippen molar-refractivity contribution in [3.8, 4) is 84.2 Å². The molecule has 5 nitrogen and oxygen atoms in total. The largest absolute Gasteiger partial charge is 0.457 e. The molecule has 0 radical (unpaired) electrons. The lowest BCUT2D eigenvalue weighted by Crippen LogP contribution is -2.16. The maximum absolute atomic E-state index is 6.95. The molecular weight excluding hydrogens is 997 g/mol. The number of anilines is 4. The number of nitrogens with zero attached hydrogens (tertiary/aromatic N) is 2. The average Bonchev–Trinajstić information content (AvgIpc) is 2.56. The van der Waals surface area contributed by atoms with Crippen LogP contribution in [0.1, 0.15) is 79.0 Å². The quantitative estimate of drug-likeness (QED) is 0.143. The predicted octanol–water partition coefficient (Wildman–Crippen LogP) is 21.7. The lowest BCUT2D eigenvalue weighted by atomic mass is 9.78. The topological polar surface area (TPSA) is 51.1 Å². The first-order valence-electron chi connectivity index (χ1n) is 28.7. The van der Waals surface area contributed by atoms with Gasteiger partial charge in [-0.05, 0) is 137 Å². The summed E-state index contributed by atoms with van der Waals surface area (Å²) in [4.78, 5) is 5.14. The molecule has 13 rings (SSSR count). The summed E-state index contributed by atoms with van der Waals surface area (Å²) in [5.74, 6) is 2.31. The maximum atomic E-state index is 6.95.